The molecule has 0 spiro atoms. The number of ether oxygens (including phenoxy) is 3. The molecule has 0 N–H and O–H groups in total. The minimum Gasteiger partial charge on any atom is -0.489 e. The summed E-state index contributed by atoms with van der Waals surface area (Å²) in [6, 6.07) is 25.7. The molecule has 4 aromatic carbocycles. The number of carbonyl (C=O) groups excluding carboxylic acids is 1. The second-order valence-electron chi connectivity index (χ2n) is 6.44. The van der Waals surface area contributed by atoms with Gasteiger partial charge in [0.1, 0.15) is 30.5 Å². The lowest BCUT2D eigenvalue weighted by Crippen LogP contribution is -2.10. The van der Waals surface area contributed by atoms with Gasteiger partial charge in [0.05, 0.1) is 0 Å². The van der Waals surface area contributed by atoms with Crippen LogP contribution in [0.4, 0.5) is 0 Å². The van der Waals surface area contributed by atoms with Crippen molar-refractivity contribution in [2.45, 2.75) is 0 Å². The Morgan fingerprint density at radius 3 is 2.38 bits per heavy atom. The summed E-state index contributed by atoms with van der Waals surface area (Å²) < 4.78 is 17.1. The van der Waals surface area contributed by atoms with Crippen LogP contribution in [0.3, 0.4) is 0 Å². The molecular weight excluding hydrogens is 364 g/mol. The maximum atomic E-state index is 11.3. The Balaban J connectivity index is 1.70. The molecule has 0 heterocycles. The largest absolute Gasteiger partial charge is 0.489 e. The predicted octanol–water partition coefficient (Wildman–Crippen LogP) is 5.89. The molecule has 0 saturated carbocycles. The number of para-hydroxylation sites is 1. The normalized spacial score (nSPS) is 10.6. The molecular formula is C25H20O4. The summed E-state index contributed by atoms with van der Waals surface area (Å²) in [5.41, 5.74) is 0. The molecule has 0 aliphatic rings. The Bertz CT molecular complexity index is 1170. The average Bonchev–Trinajstić information content (AvgIpc) is 2.76. The first-order valence-corrected chi connectivity index (χ1v) is 9.35. The van der Waals surface area contributed by atoms with Crippen molar-refractivity contribution in [2.24, 2.45) is 0 Å². The van der Waals surface area contributed by atoms with Gasteiger partial charge in [-0.05, 0) is 41.1 Å². The standard InChI is InChI=1S/C25H20O4/c1-2-24(26)27-14-15-28-25-22-11-7-6-8-18(22)16-19-12-13-21(17-23(19)25)29-20-9-4-3-5-10-20/h2-13,16-17H,1,14-15H2. The second-order valence-corrected chi connectivity index (χ2v) is 6.44. The molecule has 144 valence electrons. The fourth-order valence-electron chi connectivity index (χ4n) is 3.19. The van der Waals surface area contributed by atoms with Crippen LogP contribution in [0, 0.1) is 0 Å². The quantitative estimate of drug-likeness (QED) is 0.172. The van der Waals surface area contributed by atoms with Crippen molar-refractivity contribution in [1.82, 2.24) is 0 Å². The van der Waals surface area contributed by atoms with E-state index in [-0.39, 0.29) is 13.2 Å². The Hall–Kier alpha value is -3.79. The van der Waals surface area contributed by atoms with E-state index in [1.165, 1.54) is 0 Å². The molecule has 4 rings (SSSR count). The zero-order valence-electron chi connectivity index (χ0n) is 15.8. The van der Waals surface area contributed by atoms with Gasteiger partial charge in [0.25, 0.3) is 0 Å². The molecule has 0 unspecified atom stereocenters. The molecule has 0 amide bonds. The van der Waals surface area contributed by atoms with E-state index in [0.29, 0.717) is 0 Å². The van der Waals surface area contributed by atoms with Crippen molar-refractivity contribution in [2.75, 3.05) is 13.2 Å². The zero-order valence-corrected chi connectivity index (χ0v) is 15.8. The molecule has 0 aliphatic carbocycles. The van der Waals surface area contributed by atoms with Crippen molar-refractivity contribution in [1.29, 1.82) is 0 Å². The molecule has 4 nitrogen and oxygen atoms in total. The number of benzene rings is 4. The van der Waals surface area contributed by atoms with Gasteiger partial charge in [0, 0.05) is 16.8 Å². The summed E-state index contributed by atoms with van der Waals surface area (Å²) in [6.45, 7) is 3.79. The van der Waals surface area contributed by atoms with E-state index in [1.807, 2.05) is 72.8 Å². The third-order valence-electron chi connectivity index (χ3n) is 4.51. The van der Waals surface area contributed by atoms with E-state index < -0.39 is 5.97 Å². The number of hydrogen-bond donors (Lipinski definition) is 0. The van der Waals surface area contributed by atoms with E-state index in [9.17, 15) is 4.79 Å². The molecule has 4 aromatic rings. The molecule has 0 atom stereocenters. The van der Waals surface area contributed by atoms with Crippen LogP contribution in [0.1, 0.15) is 0 Å². The van der Waals surface area contributed by atoms with Crippen LogP contribution in [-0.4, -0.2) is 19.2 Å². The number of fused-ring (bicyclic) bond motifs is 2. The van der Waals surface area contributed by atoms with Crippen LogP contribution < -0.4 is 9.47 Å². The summed E-state index contributed by atoms with van der Waals surface area (Å²) in [7, 11) is 0. The smallest absolute Gasteiger partial charge is 0.330 e. The van der Waals surface area contributed by atoms with Gasteiger partial charge < -0.3 is 14.2 Å². The first kappa shape index (κ1) is 18.6. The molecule has 0 bridgehead atoms. The van der Waals surface area contributed by atoms with E-state index in [2.05, 4.69) is 12.6 Å². The van der Waals surface area contributed by atoms with E-state index >= 15 is 0 Å². The zero-order chi connectivity index (χ0) is 20.1. The number of carbonyl (C=O) groups is 1. The summed E-state index contributed by atoms with van der Waals surface area (Å²) in [4.78, 5) is 11.3. The SMILES string of the molecule is C=CC(=O)OCCOc1c2ccccc2cc2ccc(Oc3ccccc3)cc12. The average molecular weight is 384 g/mol. The third-order valence-corrected chi connectivity index (χ3v) is 4.51. The van der Waals surface area contributed by atoms with Crippen LogP contribution in [0.15, 0.2) is 91.5 Å². The topological polar surface area (TPSA) is 44.8 Å². The van der Waals surface area contributed by atoms with E-state index in [0.717, 1.165) is 44.9 Å². The van der Waals surface area contributed by atoms with Gasteiger partial charge in [0.15, 0.2) is 0 Å². The predicted molar refractivity (Wildman–Crippen MR) is 115 cm³/mol. The summed E-state index contributed by atoms with van der Waals surface area (Å²) in [5, 5.41) is 4.05. The van der Waals surface area contributed by atoms with Crippen LogP contribution in [0.2, 0.25) is 0 Å². The maximum absolute atomic E-state index is 11.3. The van der Waals surface area contributed by atoms with Gasteiger partial charge in [-0.1, -0.05) is 55.1 Å². The van der Waals surface area contributed by atoms with E-state index in [1.54, 1.807) is 0 Å². The third kappa shape index (κ3) is 4.22. The Kier molecular flexibility index (Phi) is 5.43. The number of hydrogen-bond acceptors (Lipinski definition) is 4. The van der Waals surface area contributed by atoms with Crippen LogP contribution in [0.5, 0.6) is 17.2 Å². The minimum atomic E-state index is -0.463. The highest BCUT2D eigenvalue weighted by atomic mass is 16.6. The monoisotopic (exact) mass is 384 g/mol. The Morgan fingerprint density at radius 1 is 0.793 bits per heavy atom. The Morgan fingerprint density at radius 2 is 1.55 bits per heavy atom. The Labute approximate surface area is 168 Å². The lowest BCUT2D eigenvalue weighted by Gasteiger charge is -2.14. The lowest BCUT2D eigenvalue weighted by molar-refractivity contribution is -0.138. The number of esters is 1. The molecule has 29 heavy (non-hydrogen) atoms. The van der Waals surface area contributed by atoms with Crippen molar-refractivity contribution < 1.29 is 19.0 Å². The van der Waals surface area contributed by atoms with Crippen molar-refractivity contribution in [3.05, 3.63) is 91.5 Å². The summed E-state index contributed by atoms with van der Waals surface area (Å²) in [6.07, 6.45) is 1.14. The van der Waals surface area contributed by atoms with Crippen molar-refractivity contribution >= 4 is 27.5 Å². The van der Waals surface area contributed by atoms with Crippen LogP contribution in [-0.2, 0) is 9.53 Å². The first-order chi connectivity index (χ1) is 14.2. The minimum absolute atomic E-state index is 0.149. The fourth-order valence-corrected chi connectivity index (χ4v) is 3.19. The summed E-state index contributed by atoms with van der Waals surface area (Å²) >= 11 is 0. The van der Waals surface area contributed by atoms with Crippen LogP contribution in [0.25, 0.3) is 21.5 Å². The van der Waals surface area contributed by atoms with Crippen LogP contribution >= 0.6 is 0 Å². The maximum Gasteiger partial charge on any atom is 0.330 e. The van der Waals surface area contributed by atoms with Gasteiger partial charge in [-0.15, -0.1) is 0 Å². The van der Waals surface area contributed by atoms with Crippen molar-refractivity contribution in [3.63, 3.8) is 0 Å². The highest BCUT2D eigenvalue weighted by Crippen LogP contribution is 2.37. The van der Waals surface area contributed by atoms with Gasteiger partial charge in [-0.25, -0.2) is 4.79 Å². The molecule has 0 aliphatic heterocycles. The first-order valence-electron chi connectivity index (χ1n) is 9.35. The molecule has 0 aromatic heterocycles. The fraction of sp³-hybridized carbons (Fsp3) is 0.0800. The molecule has 0 fully saturated rings. The molecule has 0 saturated heterocycles. The number of rotatable bonds is 7. The van der Waals surface area contributed by atoms with Gasteiger partial charge in [0.2, 0.25) is 0 Å². The lowest BCUT2D eigenvalue weighted by atomic mass is 10.0. The van der Waals surface area contributed by atoms with Crippen molar-refractivity contribution in [3.8, 4) is 17.2 Å². The highest BCUT2D eigenvalue weighted by molar-refractivity contribution is 6.05. The highest BCUT2D eigenvalue weighted by Gasteiger charge is 2.11. The van der Waals surface area contributed by atoms with E-state index in [4.69, 9.17) is 14.2 Å². The van der Waals surface area contributed by atoms with Gasteiger partial charge >= 0.3 is 5.97 Å². The van der Waals surface area contributed by atoms with Gasteiger partial charge in [-0.2, -0.15) is 0 Å². The molecule has 0 radical (unpaired) electrons. The molecule has 4 heteroatoms. The van der Waals surface area contributed by atoms with Gasteiger partial charge in [-0.3, -0.25) is 0 Å². The second kappa shape index (κ2) is 8.48. The summed E-state index contributed by atoms with van der Waals surface area (Å²) in [5.74, 6) is 1.77.